The third-order valence-electron chi connectivity index (χ3n) is 1.52. The molecule has 2 heterocycles. The summed E-state index contributed by atoms with van der Waals surface area (Å²) in [6.07, 6.45) is 7.07. The lowest BCUT2D eigenvalue weighted by Gasteiger charge is -1.92. The van der Waals surface area contributed by atoms with E-state index in [2.05, 4.69) is 33.6 Å². The predicted molar refractivity (Wildman–Crippen MR) is 72.4 cm³/mol. The molecule has 0 aromatic carbocycles. The highest BCUT2D eigenvalue weighted by molar-refractivity contribution is 7.80. The number of thiophene rings is 1. The van der Waals surface area contributed by atoms with Gasteiger partial charge in [0, 0.05) is 18.6 Å². The second kappa shape index (κ2) is 6.86. The average Bonchev–Trinajstić information content (AvgIpc) is 2.91. The second-order valence-electron chi connectivity index (χ2n) is 2.65. The predicted octanol–water partition coefficient (Wildman–Crippen LogP) is 2.25. The Balaban J connectivity index is 0.000000187. The number of nitrogens with two attached hydrogens (primary N) is 1. The summed E-state index contributed by atoms with van der Waals surface area (Å²) in [6, 6.07) is 4.09. The summed E-state index contributed by atoms with van der Waals surface area (Å²) in [5, 5.41) is 3.45. The van der Waals surface area contributed by atoms with Crippen molar-refractivity contribution >= 4 is 34.9 Å². The first-order valence-corrected chi connectivity index (χ1v) is 5.82. The number of thiocarbonyl (C=S) groups is 1. The number of rotatable bonds is 1. The first kappa shape index (κ1) is 12.5. The molecule has 0 saturated heterocycles. The van der Waals surface area contributed by atoms with Crippen molar-refractivity contribution < 1.29 is 0 Å². The van der Waals surface area contributed by atoms with Gasteiger partial charge in [0.1, 0.15) is 5.00 Å². The summed E-state index contributed by atoms with van der Waals surface area (Å²) in [5.41, 5.74) is 4.94. The zero-order chi connectivity index (χ0) is 11.8. The van der Waals surface area contributed by atoms with Gasteiger partial charge in [-0.15, -0.1) is 11.3 Å². The van der Waals surface area contributed by atoms with Crippen LogP contribution in [0.5, 0.6) is 0 Å². The van der Waals surface area contributed by atoms with Gasteiger partial charge >= 0.3 is 0 Å². The Morgan fingerprint density at radius 1 is 1.69 bits per heavy atom. The summed E-state index contributed by atoms with van der Waals surface area (Å²) < 4.78 is 1.99. The van der Waals surface area contributed by atoms with Crippen LogP contribution in [0.15, 0.2) is 41.2 Å². The molecule has 0 aliphatic rings. The minimum atomic E-state index is 0.192. The van der Waals surface area contributed by atoms with Crippen molar-refractivity contribution in [1.29, 1.82) is 0 Å². The molecule has 2 aromatic heterocycles. The number of aliphatic imine (C=N–C) groups is 1. The Morgan fingerprint density at radius 2 is 2.50 bits per heavy atom. The van der Waals surface area contributed by atoms with Gasteiger partial charge in [-0.2, -0.15) is 0 Å². The van der Waals surface area contributed by atoms with E-state index in [4.69, 9.17) is 5.73 Å². The normalized spacial score (nSPS) is 9.81. The molecule has 2 rings (SSSR count). The summed E-state index contributed by atoms with van der Waals surface area (Å²) in [6.45, 7) is 1.76. The van der Waals surface area contributed by atoms with E-state index < -0.39 is 0 Å². The third-order valence-corrected chi connectivity index (χ3v) is 2.51. The van der Waals surface area contributed by atoms with Gasteiger partial charge in [0.2, 0.25) is 0 Å². The lowest BCUT2D eigenvalue weighted by atomic mass is 10.6. The van der Waals surface area contributed by atoms with E-state index in [-0.39, 0.29) is 5.11 Å². The molecule has 0 atom stereocenters. The second-order valence-corrected chi connectivity index (χ2v) is 3.99. The Hall–Kier alpha value is -1.53. The van der Waals surface area contributed by atoms with Crippen LogP contribution in [0.4, 0.5) is 0 Å². The van der Waals surface area contributed by atoms with Crippen LogP contribution in [0.3, 0.4) is 0 Å². The van der Waals surface area contributed by atoms with Gasteiger partial charge in [-0.05, 0) is 36.7 Å². The maximum absolute atomic E-state index is 4.94. The largest absolute Gasteiger partial charge is 0.374 e. The first-order valence-electron chi connectivity index (χ1n) is 4.54. The number of nitrogens with zero attached hydrogens (tertiary/aromatic N) is 3. The van der Waals surface area contributed by atoms with Crippen molar-refractivity contribution in [1.82, 2.24) is 9.55 Å². The molecule has 0 radical (unpaired) electrons. The maximum Gasteiger partial charge on any atom is 0.189 e. The lowest BCUT2D eigenvalue weighted by Crippen LogP contribution is -2.02. The quantitative estimate of drug-likeness (QED) is 0.625. The van der Waals surface area contributed by atoms with E-state index in [9.17, 15) is 0 Å². The molecule has 0 aliphatic heterocycles. The fraction of sp³-hybridized carbons (Fsp3) is 0.100. The molecule has 6 heteroatoms. The van der Waals surface area contributed by atoms with Crippen LogP contribution in [-0.2, 0) is 0 Å². The van der Waals surface area contributed by atoms with Crippen molar-refractivity contribution in [3.05, 3.63) is 36.2 Å². The fourth-order valence-electron chi connectivity index (χ4n) is 0.934. The molecule has 0 spiro atoms. The van der Waals surface area contributed by atoms with Crippen LogP contribution in [0.1, 0.15) is 6.92 Å². The highest BCUT2D eigenvalue weighted by Crippen LogP contribution is 2.13. The zero-order valence-corrected chi connectivity index (χ0v) is 10.4. The minimum absolute atomic E-state index is 0.192. The highest BCUT2D eigenvalue weighted by atomic mass is 32.1. The van der Waals surface area contributed by atoms with E-state index in [0.717, 1.165) is 0 Å². The molecule has 0 saturated carbocycles. The first-order chi connectivity index (χ1) is 7.74. The lowest BCUT2D eigenvalue weighted by molar-refractivity contribution is 1.09. The van der Waals surface area contributed by atoms with E-state index in [0.29, 0.717) is 0 Å². The average molecular weight is 252 g/mol. The van der Waals surface area contributed by atoms with Crippen LogP contribution in [-0.4, -0.2) is 20.9 Å². The maximum atomic E-state index is 4.94. The van der Waals surface area contributed by atoms with Crippen LogP contribution in [0.25, 0.3) is 5.00 Å². The molecule has 4 nitrogen and oxygen atoms in total. The van der Waals surface area contributed by atoms with Gasteiger partial charge in [0.05, 0.1) is 6.33 Å². The monoisotopic (exact) mass is 252 g/mol. The standard InChI is InChI=1S/C7H6N2S.C3H6N2S/c1-2-7(10-5-1)9-4-3-8-6-9;1-2-5-3(4)6/h1-6H;2H,1H3,(H2,4,6). The molecule has 0 unspecified atom stereocenters. The molecular weight excluding hydrogens is 240 g/mol. The molecule has 16 heavy (non-hydrogen) atoms. The summed E-state index contributed by atoms with van der Waals surface area (Å²) in [4.78, 5) is 7.46. The van der Waals surface area contributed by atoms with Gasteiger partial charge in [-0.1, -0.05) is 0 Å². The summed E-state index contributed by atoms with van der Waals surface area (Å²) >= 11 is 6.08. The van der Waals surface area contributed by atoms with Crippen molar-refractivity contribution in [2.45, 2.75) is 6.92 Å². The number of aromatic nitrogens is 2. The van der Waals surface area contributed by atoms with E-state index in [1.165, 1.54) is 5.00 Å². The van der Waals surface area contributed by atoms with Gasteiger partial charge in [-0.25, -0.2) is 9.98 Å². The smallest absolute Gasteiger partial charge is 0.189 e. The van der Waals surface area contributed by atoms with Crippen molar-refractivity contribution in [2.75, 3.05) is 0 Å². The Kier molecular flexibility index (Phi) is 5.38. The van der Waals surface area contributed by atoms with Gasteiger partial charge in [0.25, 0.3) is 0 Å². The molecule has 0 amide bonds. The Morgan fingerprint density at radius 3 is 2.88 bits per heavy atom. The van der Waals surface area contributed by atoms with E-state index in [1.807, 2.05) is 16.8 Å². The molecule has 2 aromatic rings. The number of imidazole rings is 1. The van der Waals surface area contributed by atoms with Crippen LogP contribution >= 0.6 is 23.6 Å². The molecular formula is C10H12N4S2. The van der Waals surface area contributed by atoms with E-state index >= 15 is 0 Å². The van der Waals surface area contributed by atoms with Crippen molar-refractivity contribution in [2.24, 2.45) is 10.7 Å². The molecule has 84 valence electrons. The van der Waals surface area contributed by atoms with Crippen LogP contribution < -0.4 is 5.73 Å². The van der Waals surface area contributed by atoms with Gasteiger partial charge < -0.3 is 5.73 Å². The van der Waals surface area contributed by atoms with Crippen molar-refractivity contribution in [3.8, 4) is 5.00 Å². The van der Waals surface area contributed by atoms with Gasteiger partial charge in [-0.3, -0.25) is 4.57 Å². The SMILES string of the molecule is CC=NC(N)=S.c1csc(-n2ccnc2)c1. The Bertz CT molecular complexity index is 399. The van der Waals surface area contributed by atoms with Crippen molar-refractivity contribution in [3.63, 3.8) is 0 Å². The Labute approximate surface area is 103 Å². The topological polar surface area (TPSA) is 56.2 Å². The fourth-order valence-corrected chi connectivity index (χ4v) is 1.72. The minimum Gasteiger partial charge on any atom is -0.374 e. The molecule has 0 fully saturated rings. The number of hydrogen-bond donors (Lipinski definition) is 1. The molecule has 0 aliphatic carbocycles. The third kappa shape index (κ3) is 4.33. The van der Waals surface area contributed by atoms with Crippen LogP contribution in [0, 0.1) is 0 Å². The summed E-state index contributed by atoms with van der Waals surface area (Å²) in [5.74, 6) is 0. The molecule has 0 bridgehead atoms. The van der Waals surface area contributed by atoms with E-state index in [1.54, 1.807) is 37.0 Å². The number of hydrogen-bond acceptors (Lipinski definition) is 3. The highest BCUT2D eigenvalue weighted by Gasteiger charge is 1.92. The zero-order valence-electron chi connectivity index (χ0n) is 8.78. The van der Waals surface area contributed by atoms with Gasteiger partial charge in [0.15, 0.2) is 5.11 Å². The summed E-state index contributed by atoms with van der Waals surface area (Å²) in [7, 11) is 0. The van der Waals surface area contributed by atoms with Crippen LogP contribution in [0.2, 0.25) is 0 Å². The molecule has 2 N–H and O–H groups in total.